The molecule has 126 valence electrons. The molecule has 0 amide bonds. The highest BCUT2D eigenvalue weighted by molar-refractivity contribution is 6.10. The van der Waals surface area contributed by atoms with Crippen LogP contribution < -0.4 is 15.8 Å². The molecule has 0 aliphatic rings. The Hall–Kier alpha value is -3.55. The summed E-state index contributed by atoms with van der Waals surface area (Å²) < 4.78 is 4.99. The number of aliphatic imine (C=N–C) groups is 1. The predicted octanol–water partition coefficient (Wildman–Crippen LogP) is 2.17. The van der Waals surface area contributed by atoms with Crippen molar-refractivity contribution in [3.8, 4) is 5.88 Å². The summed E-state index contributed by atoms with van der Waals surface area (Å²) in [5.74, 6) is 1.65. The number of nitrogens with zero attached hydrogens (tertiary/aromatic N) is 5. The maximum Gasteiger partial charge on any atom is 0.233 e. The lowest BCUT2D eigenvalue weighted by molar-refractivity contribution is 0.392. The van der Waals surface area contributed by atoms with E-state index in [1.807, 2.05) is 18.2 Å². The molecule has 0 spiro atoms. The van der Waals surface area contributed by atoms with E-state index in [1.165, 1.54) is 6.20 Å². The molecule has 0 bridgehead atoms. The first kappa shape index (κ1) is 16.3. The molecular formula is C17H17N7O. The average molecular weight is 335 g/mol. The van der Waals surface area contributed by atoms with Crippen molar-refractivity contribution >= 4 is 34.5 Å². The van der Waals surface area contributed by atoms with Crippen molar-refractivity contribution in [2.45, 2.75) is 0 Å². The molecule has 0 fully saturated rings. The molecule has 3 rings (SSSR count). The van der Waals surface area contributed by atoms with E-state index in [4.69, 9.17) is 10.5 Å². The molecule has 3 aromatic heterocycles. The van der Waals surface area contributed by atoms with Crippen LogP contribution in [0, 0.1) is 0 Å². The molecule has 0 aliphatic heterocycles. The Balaban J connectivity index is 1.91. The van der Waals surface area contributed by atoms with Crippen molar-refractivity contribution < 1.29 is 4.74 Å². The molecule has 0 aromatic carbocycles. The van der Waals surface area contributed by atoms with Crippen LogP contribution in [0.3, 0.4) is 0 Å². The normalized spacial score (nSPS) is 11.8. The summed E-state index contributed by atoms with van der Waals surface area (Å²) >= 11 is 0. The smallest absolute Gasteiger partial charge is 0.233 e. The van der Waals surface area contributed by atoms with Gasteiger partial charge in [0.15, 0.2) is 5.82 Å². The number of methoxy groups -OCH3 is 1. The highest BCUT2D eigenvalue weighted by atomic mass is 16.5. The highest BCUT2D eigenvalue weighted by Crippen LogP contribution is 2.20. The third kappa shape index (κ3) is 3.69. The minimum absolute atomic E-state index is 0.449. The number of aromatic nitrogens is 4. The van der Waals surface area contributed by atoms with Gasteiger partial charge in [-0.3, -0.25) is 9.98 Å². The summed E-state index contributed by atoms with van der Waals surface area (Å²) in [5.41, 5.74) is 8.78. The number of anilines is 2. The summed E-state index contributed by atoms with van der Waals surface area (Å²) in [6.45, 7) is 0. The average Bonchev–Trinajstić information content (AvgIpc) is 2.66. The van der Waals surface area contributed by atoms with Gasteiger partial charge in [0.25, 0.3) is 0 Å². The number of pyridine rings is 2. The van der Waals surface area contributed by atoms with E-state index in [1.54, 1.807) is 38.7 Å². The number of rotatable bonds is 5. The van der Waals surface area contributed by atoms with Gasteiger partial charge in [-0.1, -0.05) is 0 Å². The maximum atomic E-state index is 5.65. The molecule has 0 saturated carbocycles. The second kappa shape index (κ2) is 7.35. The lowest BCUT2D eigenvalue weighted by Crippen LogP contribution is -1.99. The Labute approximate surface area is 144 Å². The Morgan fingerprint density at radius 2 is 2.00 bits per heavy atom. The fourth-order valence-electron chi connectivity index (χ4n) is 2.21. The molecule has 0 radical (unpaired) electrons. The maximum absolute atomic E-state index is 5.65. The van der Waals surface area contributed by atoms with Crippen LogP contribution in [0.1, 0.15) is 5.56 Å². The zero-order valence-electron chi connectivity index (χ0n) is 13.8. The van der Waals surface area contributed by atoms with Crippen molar-refractivity contribution in [1.29, 1.82) is 0 Å². The van der Waals surface area contributed by atoms with Crippen molar-refractivity contribution in [3.63, 3.8) is 0 Å². The third-order valence-corrected chi connectivity index (χ3v) is 3.42. The van der Waals surface area contributed by atoms with Crippen LogP contribution in [0.15, 0.2) is 47.7 Å². The molecular weight excluding hydrogens is 318 g/mol. The first-order chi connectivity index (χ1) is 12.2. The Kier molecular flexibility index (Phi) is 4.79. The topological polar surface area (TPSA) is 111 Å². The predicted molar refractivity (Wildman–Crippen MR) is 98.0 cm³/mol. The van der Waals surface area contributed by atoms with Crippen LogP contribution in [0.5, 0.6) is 5.88 Å². The van der Waals surface area contributed by atoms with Crippen molar-refractivity contribution in [1.82, 2.24) is 20.2 Å². The third-order valence-electron chi connectivity index (χ3n) is 3.42. The zero-order valence-corrected chi connectivity index (χ0v) is 13.8. The molecule has 8 nitrogen and oxygen atoms in total. The fraction of sp³-hybridized carbons (Fsp3) is 0.118. The van der Waals surface area contributed by atoms with Gasteiger partial charge in [-0.25, -0.2) is 4.98 Å². The minimum atomic E-state index is 0.449. The number of allylic oxidation sites excluding steroid dienone is 1. The number of hydrogen-bond donors (Lipinski definition) is 2. The van der Waals surface area contributed by atoms with Gasteiger partial charge in [-0.15, -0.1) is 10.2 Å². The first-order valence-electron chi connectivity index (χ1n) is 7.49. The standard InChI is InChI=1S/C17H17N7O/c1-19-9-12(8-18)11-7-14-13(20-10-11)3-4-15(21-14)22-16-5-6-17(25-2)24-23-16/h3-10H,18H2,1-2H3,(H,21,22,23). The SMILES string of the molecule is CN=CC(=CN)c1cnc2ccc(Nc3ccc(OC)nn3)nc2c1. The van der Waals surface area contributed by atoms with E-state index >= 15 is 0 Å². The van der Waals surface area contributed by atoms with E-state index in [2.05, 4.69) is 30.5 Å². The summed E-state index contributed by atoms with van der Waals surface area (Å²) in [6, 6.07) is 9.10. The van der Waals surface area contributed by atoms with Crippen LogP contribution in [0.4, 0.5) is 11.6 Å². The molecule has 3 heterocycles. The second-order valence-electron chi connectivity index (χ2n) is 5.05. The van der Waals surface area contributed by atoms with E-state index in [0.717, 1.165) is 22.2 Å². The largest absolute Gasteiger partial charge is 0.480 e. The minimum Gasteiger partial charge on any atom is -0.480 e. The van der Waals surface area contributed by atoms with Gasteiger partial charge in [0.05, 0.1) is 18.1 Å². The quantitative estimate of drug-likeness (QED) is 0.687. The lowest BCUT2D eigenvalue weighted by Gasteiger charge is -2.07. The number of ether oxygens (including phenoxy) is 1. The van der Waals surface area contributed by atoms with Gasteiger partial charge >= 0.3 is 0 Å². The number of nitrogens with one attached hydrogen (secondary N) is 1. The van der Waals surface area contributed by atoms with E-state index in [9.17, 15) is 0 Å². The van der Waals surface area contributed by atoms with Crippen molar-refractivity contribution in [2.75, 3.05) is 19.5 Å². The van der Waals surface area contributed by atoms with Crippen LogP contribution in [0.25, 0.3) is 16.6 Å². The number of nitrogens with two attached hydrogens (primary N) is 1. The van der Waals surface area contributed by atoms with E-state index in [0.29, 0.717) is 17.5 Å². The summed E-state index contributed by atoms with van der Waals surface area (Å²) in [7, 11) is 3.23. The Bertz CT molecular complexity index is 935. The molecule has 3 aromatic rings. The van der Waals surface area contributed by atoms with Gasteiger partial charge in [-0.05, 0) is 24.3 Å². The summed E-state index contributed by atoms with van der Waals surface area (Å²) in [5, 5.41) is 11.0. The van der Waals surface area contributed by atoms with Gasteiger partial charge in [0, 0.05) is 42.9 Å². The van der Waals surface area contributed by atoms with Crippen molar-refractivity contribution in [3.05, 3.63) is 48.3 Å². The fourth-order valence-corrected chi connectivity index (χ4v) is 2.21. The van der Waals surface area contributed by atoms with E-state index in [-0.39, 0.29) is 0 Å². The monoisotopic (exact) mass is 335 g/mol. The van der Waals surface area contributed by atoms with Gasteiger partial charge in [0.2, 0.25) is 5.88 Å². The molecule has 3 N–H and O–H groups in total. The molecule has 0 unspecified atom stereocenters. The van der Waals surface area contributed by atoms with Gasteiger partial charge in [0.1, 0.15) is 5.82 Å². The second-order valence-corrected chi connectivity index (χ2v) is 5.05. The molecule has 0 atom stereocenters. The van der Waals surface area contributed by atoms with Crippen LogP contribution in [-0.4, -0.2) is 40.5 Å². The highest BCUT2D eigenvalue weighted by Gasteiger charge is 2.05. The van der Waals surface area contributed by atoms with Crippen LogP contribution in [-0.2, 0) is 0 Å². The Morgan fingerprint density at radius 1 is 1.16 bits per heavy atom. The Morgan fingerprint density at radius 3 is 2.68 bits per heavy atom. The first-order valence-corrected chi connectivity index (χ1v) is 7.49. The number of hydrogen-bond acceptors (Lipinski definition) is 8. The molecule has 25 heavy (non-hydrogen) atoms. The van der Waals surface area contributed by atoms with Crippen LogP contribution >= 0.6 is 0 Å². The summed E-state index contributed by atoms with van der Waals surface area (Å²) in [4.78, 5) is 13.0. The zero-order chi connectivity index (χ0) is 17.6. The van der Waals surface area contributed by atoms with E-state index < -0.39 is 0 Å². The van der Waals surface area contributed by atoms with Gasteiger partial charge in [-0.2, -0.15) is 0 Å². The lowest BCUT2D eigenvalue weighted by atomic mass is 10.1. The molecule has 0 saturated heterocycles. The van der Waals surface area contributed by atoms with Crippen LogP contribution in [0.2, 0.25) is 0 Å². The summed E-state index contributed by atoms with van der Waals surface area (Å²) in [6.07, 6.45) is 4.91. The van der Waals surface area contributed by atoms with Gasteiger partial charge < -0.3 is 15.8 Å². The van der Waals surface area contributed by atoms with Crippen molar-refractivity contribution in [2.24, 2.45) is 10.7 Å². The molecule has 0 aliphatic carbocycles. The number of fused-ring (bicyclic) bond motifs is 1. The molecule has 8 heteroatoms.